The lowest BCUT2D eigenvalue weighted by atomic mass is 9.74. The fourth-order valence-electron chi connectivity index (χ4n) is 2.99. The number of hydrogen-bond acceptors (Lipinski definition) is 3. The van der Waals surface area contributed by atoms with Crippen molar-refractivity contribution >= 4 is 29.1 Å². The number of aliphatic hydroxyl groups excluding tert-OH is 1. The average molecular weight is 345 g/mol. The van der Waals surface area contributed by atoms with Crippen molar-refractivity contribution in [3.05, 3.63) is 33.8 Å². The first-order chi connectivity index (χ1) is 10.3. The summed E-state index contributed by atoms with van der Waals surface area (Å²) in [6.07, 6.45) is 2.85. The fraction of sp³-hybridized carbons (Fsp3) is 0.562. The Morgan fingerprint density at radius 2 is 2.05 bits per heavy atom. The number of amides is 1. The zero-order chi connectivity index (χ0) is 16.3. The van der Waals surface area contributed by atoms with Crippen LogP contribution in [0, 0.1) is 5.92 Å². The Morgan fingerprint density at radius 3 is 2.64 bits per heavy atom. The lowest BCUT2D eigenvalue weighted by Gasteiger charge is -2.37. The van der Waals surface area contributed by atoms with E-state index in [0.717, 1.165) is 25.7 Å². The third-order valence-electron chi connectivity index (χ3n) is 4.31. The van der Waals surface area contributed by atoms with Crippen LogP contribution in [-0.4, -0.2) is 23.1 Å². The highest BCUT2D eigenvalue weighted by molar-refractivity contribution is 6.34. The van der Waals surface area contributed by atoms with E-state index in [0.29, 0.717) is 15.6 Å². The Hall–Kier alpha value is -0.810. The van der Waals surface area contributed by atoms with Gasteiger partial charge in [0.05, 0.1) is 12.0 Å². The molecule has 3 atom stereocenters. The van der Waals surface area contributed by atoms with Crippen LogP contribution in [0.5, 0.6) is 0 Å². The van der Waals surface area contributed by atoms with Gasteiger partial charge in [-0.25, -0.2) is 0 Å². The van der Waals surface area contributed by atoms with Crippen LogP contribution < -0.4 is 11.1 Å². The Labute approximate surface area is 141 Å². The van der Waals surface area contributed by atoms with E-state index >= 15 is 0 Å². The Morgan fingerprint density at radius 1 is 1.41 bits per heavy atom. The number of carbonyl (C=O) groups excluding carboxylic acids is 1. The summed E-state index contributed by atoms with van der Waals surface area (Å²) < 4.78 is 0. The van der Waals surface area contributed by atoms with Gasteiger partial charge in [-0.05, 0) is 43.5 Å². The molecule has 122 valence electrons. The van der Waals surface area contributed by atoms with Gasteiger partial charge in [-0.3, -0.25) is 4.79 Å². The van der Waals surface area contributed by atoms with Crippen LogP contribution >= 0.6 is 23.2 Å². The lowest BCUT2D eigenvalue weighted by Crippen LogP contribution is -2.53. The van der Waals surface area contributed by atoms with E-state index in [2.05, 4.69) is 5.32 Å². The molecule has 1 amide bonds. The van der Waals surface area contributed by atoms with Crippen molar-refractivity contribution in [2.75, 3.05) is 6.54 Å². The third-order valence-corrected chi connectivity index (χ3v) is 4.75. The molecule has 0 saturated heterocycles. The molecule has 0 radical (unpaired) electrons. The highest BCUT2D eigenvalue weighted by atomic mass is 35.5. The minimum atomic E-state index is -0.854. The molecule has 4 N–H and O–H groups in total. The molecular formula is C16H22Cl2N2O2. The first-order valence-corrected chi connectivity index (χ1v) is 8.26. The molecule has 0 aromatic heterocycles. The van der Waals surface area contributed by atoms with E-state index in [-0.39, 0.29) is 18.4 Å². The second-order valence-electron chi connectivity index (χ2n) is 6.27. The van der Waals surface area contributed by atoms with Gasteiger partial charge in [-0.15, -0.1) is 0 Å². The van der Waals surface area contributed by atoms with Gasteiger partial charge in [0.15, 0.2) is 0 Å². The molecule has 0 aliphatic heterocycles. The fourth-order valence-corrected chi connectivity index (χ4v) is 3.54. The third kappa shape index (κ3) is 4.35. The standard InChI is InChI=1S/C16H22Cl2N2O2/c1-16(19)5-3-2-4-13(16)15(22)20-9-14(21)10-6-11(17)8-12(18)7-10/h6-8,13-14,21H,2-5,9,19H2,1H3,(H,20,22). The summed E-state index contributed by atoms with van der Waals surface area (Å²) in [5.41, 5.74) is 6.32. The molecule has 1 aromatic rings. The maximum atomic E-state index is 12.3. The van der Waals surface area contributed by atoms with Crippen LogP contribution in [-0.2, 0) is 4.79 Å². The second kappa shape index (κ2) is 7.18. The van der Waals surface area contributed by atoms with Crippen molar-refractivity contribution < 1.29 is 9.90 Å². The summed E-state index contributed by atoms with van der Waals surface area (Å²) in [5.74, 6) is -0.312. The number of aliphatic hydroxyl groups is 1. The smallest absolute Gasteiger partial charge is 0.225 e. The average Bonchev–Trinajstić information content (AvgIpc) is 2.42. The quantitative estimate of drug-likeness (QED) is 0.785. The van der Waals surface area contributed by atoms with E-state index in [4.69, 9.17) is 28.9 Å². The van der Waals surface area contributed by atoms with Gasteiger partial charge in [0.1, 0.15) is 0 Å². The number of nitrogens with one attached hydrogen (secondary N) is 1. The number of halogens is 2. The minimum Gasteiger partial charge on any atom is -0.387 e. The number of nitrogens with two attached hydrogens (primary N) is 1. The first kappa shape index (κ1) is 17.5. The Bertz CT molecular complexity index is 529. The van der Waals surface area contributed by atoms with Gasteiger partial charge in [-0.2, -0.15) is 0 Å². The van der Waals surface area contributed by atoms with Crippen molar-refractivity contribution in [3.63, 3.8) is 0 Å². The number of carbonyl (C=O) groups is 1. The molecule has 1 saturated carbocycles. The lowest BCUT2D eigenvalue weighted by molar-refractivity contribution is -0.128. The highest BCUT2D eigenvalue weighted by Gasteiger charge is 2.37. The molecule has 0 spiro atoms. The van der Waals surface area contributed by atoms with Crippen LogP contribution in [0.1, 0.15) is 44.3 Å². The highest BCUT2D eigenvalue weighted by Crippen LogP contribution is 2.31. The molecule has 0 bridgehead atoms. The molecular weight excluding hydrogens is 323 g/mol. The summed E-state index contributed by atoms with van der Waals surface area (Å²) in [4.78, 5) is 12.3. The Kier molecular flexibility index (Phi) is 5.72. The molecule has 1 fully saturated rings. The van der Waals surface area contributed by atoms with E-state index in [1.54, 1.807) is 18.2 Å². The topological polar surface area (TPSA) is 75.4 Å². The predicted octanol–water partition coefficient (Wildman–Crippen LogP) is 3.05. The van der Waals surface area contributed by atoms with Crippen molar-refractivity contribution in [1.29, 1.82) is 0 Å². The van der Waals surface area contributed by atoms with Crippen LogP contribution in [0.25, 0.3) is 0 Å². The zero-order valence-electron chi connectivity index (χ0n) is 12.6. The molecule has 4 nitrogen and oxygen atoms in total. The van der Waals surface area contributed by atoms with Gasteiger partial charge in [-0.1, -0.05) is 36.0 Å². The molecule has 3 unspecified atom stereocenters. The largest absolute Gasteiger partial charge is 0.387 e. The molecule has 1 aliphatic rings. The van der Waals surface area contributed by atoms with Crippen LogP contribution in [0.2, 0.25) is 10.0 Å². The number of hydrogen-bond donors (Lipinski definition) is 3. The summed E-state index contributed by atoms with van der Waals surface area (Å²) in [6.45, 7) is 2.03. The second-order valence-corrected chi connectivity index (χ2v) is 7.14. The van der Waals surface area contributed by atoms with E-state index in [1.165, 1.54) is 0 Å². The minimum absolute atomic E-state index is 0.100. The van der Waals surface area contributed by atoms with Crippen molar-refractivity contribution in [2.24, 2.45) is 11.7 Å². The summed E-state index contributed by atoms with van der Waals surface area (Å²) in [7, 11) is 0. The zero-order valence-corrected chi connectivity index (χ0v) is 14.1. The van der Waals surface area contributed by atoms with Crippen LogP contribution in [0.15, 0.2) is 18.2 Å². The van der Waals surface area contributed by atoms with Gasteiger partial charge >= 0.3 is 0 Å². The first-order valence-electron chi connectivity index (χ1n) is 7.50. The Balaban J connectivity index is 1.95. The molecule has 1 aliphatic carbocycles. The molecule has 2 rings (SSSR count). The van der Waals surface area contributed by atoms with Gasteiger partial charge in [0.2, 0.25) is 5.91 Å². The SMILES string of the molecule is CC1(N)CCCCC1C(=O)NCC(O)c1cc(Cl)cc(Cl)c1. The summed E-state index contributed by atoms with van der Waals surface area (Å²) in [5, 5.41) is 13.9. The van der Waals surface area contributed by atoms with E-state index < -0.39 is 11.6 Å². The molecule has 22 heavy (non-hydrogen) atoms. The normalized spacial score (nSPS) is 26.5. The maximum Gasteiger partial charge on any atom is 0.225 e. The monoisotopic (exact) mass is 344 g/mol. The van der Waals surface area contributed by atoms with Crippen LogP contribution in [0.4, 0.5) is 0 Å². The molecule has 1 aromatic carbocycles. The van der Waals surface area contributed by atoms with Crippen molar-refractivity contribution in [3.8, 4) is 0 Å². The van der Waals surface area contributed by atoms with Crippen molar-refractivity contribution in [2.45, 2.75) is 44.2 Å². The maximum absolute atomic E-state index is 12.3. The van der Waals surface area contributed by atoms with E-state index in [9.17, 15) is 9.90 Å². The molecule has 0 heterocycles. The van der Waals surface area contributed by atoms with Gasteiger partial charge < -0.3 is 16.2 Å². The van der Waals surface area contributed by atoms with Crippen LogP contribution in [0.3, 0.4) is 0 Å². The van der Waals surface area contributed by atoms with Crippen molar-refractivity contribution in [1.82, 2.24) is 5.32 Å². The van der Waals surface area contributed by atoms with E-state index in [1.807, 2.05) is 6.92 Å². The number of rotatable bonds is 4. The molecule has 6 heteroatoms. The van der Waals surface area contributed by atoms with Gasteiger partial charge in [0.25, 0.3) is 0 Å². The predicted molar refractivity (Wildman–Crippen MR) is 89.0 cm³/mol. The summed E-state index contributed by atoms with van der Waals surface area (Å²) in [6, 6.07) is 4.87. The summed E-state index contributed by atoms with van der Waals surface area (Å²) >= 11 is 11.8. The van der Waals surface area contributed by atoms with Gasteiger partial charge in [0, 0.05) is 22.1 Å². The number of benzene rings is 1.